The van der Waals surface area contributed by atoms with Gasteiger partial charge in [0.05, 0.1) is 11.8 Å². The van der Waals surface area contributed by atoms with Gasteiger partial charge in [0, 0.05) is 17.2 Å². The third-order valence-electron chi connectivity index (χ3n) is 4.47. The number of hydrogen-bond donors (Lipinski definition) is 1. The fourth-order valence-electron chi connectivity index (χ4n) is 2.98. The summed E-state index contributed by atoms with van der Waals surface area (Å²) in [5.41, 5.74) is 3.37. The molecule has 0 saturated heterocycles. The maximum atomic E-state index is 12.2. The average Bonchev–Trinajstić information content (AvgIpc) is 2.67. The van der Waals surface area contributed by atoms with Crippen molar-refractivity contribution in [1.29, 1.82) is 0 Å². The number of amides is 1. The lowest BCUT2D eigenvalue weighted by atomic mass is 10.1. The van der Waals surface area contributed by atoms with Crippen LogP contribution in [0, 0.1) is 0 Å². The highest BCUT2D eigenvalue weighted by Crippen LogP contribution is 2.23. The molecule has 0 aliphatic rings. The molecule has 3 rings (SSSR count). The molecular weight excluding hydrogens is 358 g/mol. The lowest BCUT2D eigenvalue weighted by molar-refractivity contribution is -0.119. The Morgan fingerprint density at radius 2 is 1.93 bits per heavy atom. The number of aryl methyl sites for hydroxylation is 1. The van der Waals surface area contributed by atoms with Crippen LogP contribution in [0.2, 0.25) is 0 Å². The highest BCUT2D eigenvalue weighted by molar-refractivity contribution is 7.99. The molecule has 0 aliphatic heterocycles. The highest BCUT2D eigenvalue weighted by atomic mass is 32.2. The van der Waals surface area contributed by atoms with Crippen molar-refractivity contribution in [3.63, 3.8) is 0 Å². The maximum absolute atomic E-state index is 12.2. The van der Waals surface area contributed by atoms with Crippen molar-refractivity contribution in [2.75, 3.05) is 5.75 Å². The lowest BCUT2D eigenvalue weighted by Crippen LogP contribution is -2.28. The van der Waals surface area contributed by atoms with Crippen molar-refractivity contribution in [2.45, 2.75) is 32.1 Å². The number of nitrogens with one attached hydrogen (secondary N) is 1. The maximum Gasteiger partial charge on any atom is 0.336 e. The van der Waals surface area contributed by atoms with Crippen LogP contribution in [0.5, 0.6) is 0 Å². The summed E-state index contributed by atoms with van der Waals surface area (Å²) in [6.45, 7) is 4.03. The van der Waals surface area contributed by atoms with Gasteiger partial charge in [0.2, 0.25) is 5.91 Å². The van der Waals surface area contributed by atoms with Crippen LogP contribution in [0.25, 0.3) is 11.0 Å². The normalized spacial score (nSPS) is 12.1. The predicted molar refractivity (Wildman–Crippen MR) is 111 cm³/mol. The van der Waals surface area contributed by atoms with E-state index in [2.05, 4.69) is 12.2 Å². The summed E-state index contributed by atoms with van der Waals surface area (Å²) in [7, 11) is 0. The first-order valence-electron chi connectivity index (χ1n) is 9.04. The molecule has 3 aromatic rings. The standard InChI is InChI=1S/C22H23NO3S/c1-3-16-9-10-19-18(12-22(25)26-20(19)11-16)13-27-14-21(24)23-15(2)17-7-5-4-6-8-17/h4-12,15H,3,13-14H2,1-2H3,(H,23,24)/t15-/m1/s1. The quantitative estimate of drug-likeness (QED) is 0.614. The van der Waals surface area contributed by atoms with Crippen molar-refractivity contribution in [1.82, 2.24) is 5.32 Å². The van der Waals surface area contributed by atoms with Gasteiger partial charge < -0.3 is 9.73 Å². The van der Waals surface area contributed by atoms with Gasteiger partial charge in [-0.3, -0.25) is 4.79 Å². The zero-order valence-corrected chi connectivity index (χ0v) is 16.3. The number of carbonyl (C=O) groups excluding carboxylic acids is 1. The van der Waals surface area contributed by atoms with E-state index >= 15 is 0 Å². The Hall–Kier alpha value is -2.53. The molecule has 0 unspecified atom stereocenters. The molecular formula is C22H23NO3S. The molecule has 140 valence electrons. The molecule has 5 heteroatoms. The number of hydrogen-bond acceptors (Lipinski definition) is 4. The molecule has 0 radical (unpaired) electrons. The van der Waals surface area contributed by atoms with Crippen molar-refractivity contribution in [2.24, 2.45) is 0 Å². The smallest absolute Gasteiger partial charge is 0.336 e. The molecule has 0 saturated carbocycles. The fraction of sp³-hybridized carbons (Fsp3) is 0.273. The summed E-state index contributed by atoms with van der Waals surface area (Å²) in [4.78, 5) is 24.1. The number of fused-ring (bicyclic) bond motifs is 1. The van der Waals surface area contributed by atoms with Gasteiger partial charge in [-0.15, -0.1) is 11.8 Å². The Labute approximate surface area is 163 Å². The second-order valence-electron chi connectivity index (χ2n) is 6.47. The van der Waals surface area contributed by atoms with Crippen LogP contribution in [0.1, 0.15) is 36.6 Å². The molecule has 1 heterocycles. The molecule has 0 fully saturated rings. The molecule has 4 nitrogen and oxygen atoms in total. The van der Waals surface area contributed by atoms with Crippen LogP contribution >= 0.6 is 11.8 Å². The third kappa shape index (κ3) is 5.01. The lowest BCUT2D eigenvalue weighted by Gasteiger charge is -2.14. The SMILES string of the molecule is CCc1ccc2c(CSCC(=O)N[C@H](C)c3ccccc3)cc(=O)oc2c1. The Balaban J connectivity index is 1.62. The van der Waals surface area contributed by atoms with E-state index in [0.717, 1.165) is 28.5 Å². The second-order valence-corrected chi connectivity index (χ2v) is 7.45. The van der Waals surface area contributed by atoms with E-state index < -0.39 is 0 Å². The van der Waals surface area contributed by atoms with E-state index in [1.54, 1.807) is 0 Å². The molecule has 0 bridgehead atoms. The van der Waals surface area contributed by atoms with Crippen LogP contribution in [-0.4, -0.2) is 11.7 Å². The van der Waals surface area contributed by atoms with E-state index in [0.29, 0.717) is 17.1 Å². The van der Waals surface area contributed by atoms with Gasteiger partial charge >= 0.3 is 5.63 Å². The Kier molecular flexibility index (Phi) is 6.35. The molecule has 1 N–H and O–H groups in total. The van der Waals surface area contributed by atoms with Gasteiger partial charge in [0.1, 0.15) is 5.58 Å². The van der Waals surface area contributed by atoms with Crippen LogP contribution in [-0.2, 0) is 17.0 Å². The summed E-state index contributed by atoms with van der Waals surface area (Å²) in [5.74, 6) is 0.906. The van der Waals surface area contributed by atoms with Crippen LogP contribution in [0.15, 0.2) is 63.8 Å². The molecule has 1 atom stereocenters. The fourth-order valence-corrected chi connectivity index (χ4v) is 3.81. The van der Waals surface area contributed by atoms with Gasteiger partial charge in [-0.05, 0) is 36.1 Å². The minimum atomic E-state index is -0.353. The zero-order chi connectivity index (χ0) is 19.2. The van der Waals surface area contributed by atoms with Crippen LogP contribution < -0.4 is 10.9 Å². The first-order valence-corrected chi connectivity index (χ1v) is 10.2. The van der Waals surface area contributed by atoms with E-state index in [1.807, 2.05) is 55.5 Å². The first kappa shape index (κ1) is 19.2. The van der Waals surface area contributed by atoms with Gasteiger partial charge in [-0.1, -0.05) is 49.4 Å². The largest absolute Gasteiger partial charge is 0.423 e. The summed E-state index contributed by atoms with van der Waals surface area (Å²) >= 11 is 1.49. The predicted octanol–water partition coefficient (Wildman–Crippen LogP) is 4.47. The van der Waals surface area contributed by atoms with Crippen LogP contribution in [0.4, 0.5) is 0 Å². The van der Waals surface area contributed by atoms with Crippen LogP contribution in [0.3, 0.4) is 0 Å². The van der Waals surface area contributed by atoms with Crippen molar-refractivity contribution >= 4 is 28.6 Å². The number of thioether (sulfide) groups is 1. The van der Waals surface area contributed by atoms with E-state index in [9.17, 15) is 9.59 Å². The second kappa shape index (κ2) is 8.91. The van der Waals surface area contributed by atoms with Crippen molar-refractivity contribution < 1.29 is 9.21 Å². The molecule has 2 aromatic carbocycles. The summed E-state index contributed by atoms with van der Waals surface area (Å²) in [6.07, 6.45) is 0.887. The van der Waals surface area contributed by atoms with E-state index in [4.69, 9.17) is 4.42 Å². The Morgan fingerprint density at radius 3 is 2.67 bits per heavy atom. The number of rotatable bonds is 7. The van der Waals surface area contributed by atoms with Gasteiger partial charge in [0.25, 0.3) is 0 Å². The number of carbonyl (C=O) groups is 1. The van der Waals surface area contributed by atoms with E-state index in [1.165, 1.54) is 17.8 Å². The zero-order valence-electron chi connectivity index (χ0n) is 15.5. The molecule has 0 spiro atoms. The Bertz CT molecular complexity index is 982. The summed E-state index contributed by atoms with van der Waals surface area (Å²) in [6, 6.07) is 17.3. The molecule has 1 aromatic heterocycles. The monoisotopic (exact) mass is 381 g/mol. The first-order chi connectivity index (χ1) is 13.1. The molecule has 27 heavy (non-hydrogen) atoms. The van der Waals surface area contributed by atoms with Crippen molar-refractivity contribution in [3.8, 4) is 0 Å². The minimum absolute atomic E-state index is 0.0168. The van der Waals surface area contributed by atoms with Gasteiger partial charge in [-0.2, -0.15) is 0 Å². The highest BCUT2D eigenvalue weighted by Gasteiger charge is 2.11. The molecule has 1 amide bonds. The summed E-state index contributed by atoms with van der Waals surface area (Å²) < 4.78 is 5.33. The van der Waals surface area contributed by atoms with Crippen molar-refractivity contribution in [3.05, 3.63) is 81.7 Å². The van der Waals surface area contributed by atoms with Gasteiger partial charge in [-0.25, -0.2) is 4.79 Å². The average molecular weight is 381 g/mol. The molecule has 0 aliphatic carbocycles. The van der Waals surface area contributed by atoms with Gasteiger partial charge in [0.15, 0.2) is 0 Å². The topological polar surface area (TPSA) is 59.3 Å². The summed E-state index contributed by atoms with van der Waals surface area (Å²) in [5, 5.41) is 3.93. The third-order valence-corrected chi connectivity index (χ3v) is 5.45. The van der Waals surface area contributed by atoms with E-state index in [-0.39, 0.29) is 17.6 Å². The Morgan fingerprint density at radius 1 is 1.15 bits per heavy atom. The number of benzene rings is 2. The minimum Gasteiger partial charge on any atom is -0.423 e.